The highest BCUT2D eigenvalue weighted by molar-refractivity contribution is 5.98. The highest BCUT2D eigenvalue weighted by atomic mass is 16.7. The predicted octanol–water partition coefficient (Wildman–Crippen LogP) is 3.21. The number of fused-ring (bicyclic) bond motifs is 1. The van der Waals surface area contributed by atoms with Crippen molar-refractivity contribution in [1.82, 2.24) is 5.32 Å². The van der Waals surface area contributed by atoms with E-state index < -0.39 is 0 Å². The van der Waals surface area contributed by atoms with Gasteiger partial charge < -0.3 is 19.7 Å². The largest absolute Gasteiger partial charge is 0.454 e. The Hall–Kier alpha value is -3.02. The van der Waals surface area contributed by atoms with Gasteiger partial charge in [0.05, 0.1) is 0 Å². The number of amides is 2. The topological polar surface area (TPSA) is 67.9 Å². The molecule has 3 rings (SSSR count). The van der Waals surface area contributed by atoms with Crippen LogP contribution in [0.3, 0.4) is 0 Å². The molecule has 0 aromatic heterocycles. The molecule has 1 heterocycles. The number of para-hydroxylation sites is 1. The monoisotopic (exact) mass is 368 g/mol. The van der Waals surface area contributed by atoms with Crippen LogP contribution in [0.2, 0.25) is 0 Å². The lowest BCUT2D eigenvalue weighted by Gasteiger charge is -2.25. The fraction of sp³-hybridized carbons (Fsp3) is 0.333. The first-order valence-electron chi connectivity index (χ1n) is 8.98. The van der Waals surface area contributed by atoms with E-state index in [1.54, 1.807) is 0 Å². The fourth-order valence-electron chi connectivity index (χ4n) is 3.04. The van der Waals surface area contributed by atoms with E-state index in [4.69, 9.17) is 9.47 Å². The third-order valence-corrected chi connectivity index (χ3v) is 4.46. The van der Waals surface area contributed by atoms with E-state index in [-0.39, 0.29) is 31.1 Å². The molecule has 0 aliphatic carbocycles. The third-order valence-electron chi connectivity index (χ3n) is 4.46. The van der Waals surface area contributed by atoms with Crippen molar-refractivity contribution in [3.63, 3.8) is 0 Å². The average molecular weight is 368 g/mol. The number of nitrogens with one attached hydrogen (secondary N) is 1. The van der Waals surface area contributed by atoms with Gasteiger partial charge in [-0.25, -0.2) is 0 Å². The summed E-state index contributed by atoms with van der Waals surface area (Å²) in [5.41, 5.74) is 2.72. The van der Waals surface area contributed by atoms with Gasteiger partial charge in [0.2, 0.25) is 18.6 Å². The van der Waals surface area contributed by atoms with Gasteiger partial charge in [0, 0.05) is 19.2 Å². The van der Waals surface area contributed by atoms with Crippen LogP contribution in [0.25, 0.3) is 0 Å². The maximum atomic E-state index is 12.5. The van der Waals surface area contributed by atoms with Gasteiger partial charge in [0.25, 0.3) is 0 Å². The minimum Gasteiger partial charge on any atom is -0.454 e. The summed E-state index contributed by atoms with van der Waals surface area (Å²) in [5.74, 6) is 1.25. The van der Waals surface area contributed by atoms with E-state index in [1.165, 1.54) is 11.8 Å². The van der Waals surface area contributed by atoms with Gasteiger partial charge in [-0.05, 0) is 35.2 Å². The Balaban J connectivity index is 1.67. The first kappa shape index (κ1) is 18.8. The van der Waals surface area contributed by atoms with Crippen LogP contribution in [-0.4, -0.2) is 25.2 Å². The normalized spacial score (nSPS) is 12.1. The van der Waals surface area contributed by atoms with Crippen molar-refractivity contribution in [2.75, 3.05) is 18.2 Å². The van der Waals surface area contributed by atoms with Crippen molar-refractivity contribution in [2.45, 2.75) is 33.2 Å². The maximum absolute atomic E-state index is 12.5. The zero-order valence-corrected chi connectivity index (χ0v) is 15.8. The molecule has 2 aromatic carbocycles. The Kier molecular flexibility index (Phi) is 5.64. The molecule has 0 unspecified atom stereocenters. The van der Waals surface area contributed by atoms with Crippen LogP contribution < -0.4 is 19.7 Å². The lowest BCUT2D eigenvalue weighted by atomic mass is 10.0. The number of carbonyl (C=O) groups excluding carboxylic acids is 2. The van der Waals surface area contributed by atoms with E-state index in [9.17, 15) is 9.59 Å². The second-order valence-electron chi connectivity index (χ2n) is 6.78. The first-order valence-corrected chi connectivity index (χ1v) is 8.98. The van der Waals surface area contributed by atoms with Gasteiger partial charge in [-0.3, -0.25) is 9.59 Å². The Morgan fingerprint density at radius 1 is 1.11 bits per heavy atom. The van der Waals surface area contributed by atoms with Gasteiger partial charge in [-0.2, -0.15) is 0 Å². The van der Waals surface area contributed by atoms with Crippen LogP contribution in [0.4, 0.5) is 5.69 Å². The van der Waals surface area contributed by atoms with Gasteiger partial charge >= 0.3 is 0 Å². The van der Waals surface area contributed by atoms with E-state index in [0.717, 1.165) is 16.8 Å². The van der Waals surface area contributed by atoms with Crippen molar-refractivity contribution in [2.24, 2.45) is 0 Å². The minimum absolute atomic E-state index is 0.0242. The van der Waals surface area contributed by atoms with Crippen LogP contribution in [-0.2, 0) is 16.1 Å². The molecule has 0 saturated heterocycles. The van der Waals surface area contributed by atoms with Crippen LogP contribution in [0.15, 0.2) is 42.5 Å². The Morgan fingerprint density at radius 2 is 1.85 bits per heavy atom. The molecule has 0 saturated carbocycles. The summed E-state index contributed by atoms with van der Waals surface area (Å²) in [6.07, 6.45) is 0. The van der Waals surface area contributed by atoms with Crippen LogP contribution in [0.1, 0.15) is 37.8 Å². The lowest BCUT2D eigenvalue weighted by Crippen LogP contribution is -2.40. The second kappa shape index (κ2) is 8.12. The Morgan fingerprint density at radius 3 is 2.59 bits per heavy atom. The molecule has 6 nitrogen and oxygen atoms in total. The molecular formula is C21H24N2O4. The zero-order valence-electron chi connectivity index (χ0n) is 15.8. The highest BCUT2D eigenvalue weighted by Gasteiger charge is 2.20. The summed E-state index contributed by atoms with van der Waals surface area (Å²) < 4.78 is 10.6. The van der Waals surface area contributed by atoms with E-state index in [0.29, 0.717) is 18.0 Å². The summed E-state index contributed by atoms with van der Waals surface area (Å²) in [7, 11) is 0. The molecule has 2 aromatic rings. The summed E-state index contributed by atoms with van der Waals surface area (Å²) >= 11 is 0. The third kappa shape index (κ3) is 4.39. The molecule has 142 valence electrons. The van der Waals surface area contributed by atoms with Crippen molar-refractivity contribution < 1.29 is 19.1 Å². The molecular weight excluding hydrogens is 344 g/mol. The summed E-state index contributed by atoms with van der Waals surface area (Å²) in [4.78, 5) is 26.1. The molecule has 2 amide bonds. The molecule has 0 fully saturated rings. The van der Waals surface area contributed by atoms with Gasteiger partial charge in [-0.15, -0.1) is 0 Å². The fourth-order valence-corrected chi connectivity index (χ4v) is 3.04. The number of rotatable bonds is 6. The van der Waals surface area contributed by atoms with Crippen LogP contribution in [0.5, 0.6) is 11.5 Å². The zero-order chi connectivity index (χ0) is 19.4. The summed E-state index contributed by atoms with van der Waals surface area (Å²) in [6.45, 7) is 6.15. The lowest BCUT2D eigenvalue weighted by molar-refractivity contribution is -0.123. The molecule has 1 aliphatic heterocycles. The molecule has 0 radical (unpaired) electrons. The SMILES string of the molecule is CC(=O)N(CC(=O)NCc1ccc2c(c1)OCO2)c1ccccc1C(C)C. The first-order chi connectivity index (χ1) is 13.0. The number of carbonyl (C=O) groups is 2. The molecule has 27 heavy (non-hydrogen) atoms. The van der Waals surface area contributed by atoms with Crippen LogP contribution >= 0.6 is 0 Å². The number of anilines is 1. The number of ether oxygens (including phenoxy) is 2. The molecule has 0 atom stereocenters. The number of nitrogens with zero attached hydrogens (tertiary/aromatic N) is 1. The van der Waals surface area contributed by atoms with Gasteiger partial charge in [0.15, 0.2) is 11.5 Å². The maximum Gasteiger partial charge on any atom is 0.240 e. The van der Waals surface area contributed by atoms with Crippen LogP contribution in [0, 0.1) is 0 Å². The predicted molar refractivity (Wildman–Crippen MR) is 103 cm³/mol. The van der Waals surface area contributed by atoms with Crippen molar-refractivity contribution in [1.29, 1.82) is 0 Å². The van der Waals surface area contributed by atoms with Gasteiger partial charge in [0.1, 0.15) is 6.54 Å². The Labute approximate surface area is 159 Å². The Bertz CT molecular complexity index is 848. The smallest absolute Gasteiger partial charge is 0.240 e. The standard InChI is InChI=1S/C21H24N2O4/c1-14(2)17-6-4-5-7-18(17)23(15(3)24)12-21(25)22-11-16-8-9-19-20(10-16)27-13-26-19/h4-10,14H,11-13H2,1-3H3,(H,22,25). The second-order valence-corrected chi connectivity index (χ2v) is 6.78. The highest BCUT2D eigenvalue weighted by Crippen LogP contribution is 2.32. The molecule has 1 aliphatic rings. The van der Waals surface area contributed by atoms with E-state index in [1.807, 2.05) is 42.5 Å². The molecule has 0 spiro atoms. The number of hydrogen-bond donors (Lipinski definition) is 1. The van der Waals surface area contributed by atoms with E-state index in [2.05, 4.69) is 19.2 Å². The average Bonchev–Trinajstić information content (AvgIpc) is 3.12. The summed E-state index contributed by atoms with van der Waals surface area (Å²) in [6, 6.07) is 13.2. The molecule has 0 bridgehead atoms. The van der Waals surface area contributed by atoms with Crippen molar-refractivity contribution in [3.8, 4) is 11.5 Å². The molecule has 6 heteroatoms. The number of hydrogen-bond acceptors (Lipinski definition) is 4. The minimum atomic E-state index is -0.221. The number of benzene rings is 2. The van der Waals surface area contributed by atoms with Crippen molar-refractivity contribution >= 4 is 17.5 Å². The van der Waals surface area contributed by atoms with Crippen molar-refractivity contribution in [3.05, 3.63) is 53.6 Å². The van der Waals surface area contributed by atoms with Gasteiger partial charge in [-0.1, -0.05) is 38.1 Å². The molecule has 1 N–H and O–H groups in total. The summed E-state index contributed by atoms with van der Waals surface area (Å²) in [5, 5.41) is 2.86. The van der Waals surface area contributed by atoms with E-state index >= 15 is 0 Å². The quantitative estimate of drug-likeness (QED) is 0.850.